The summed E-state index contributed by atoms with van der Waals surface area (Å²) < 4.78 is 0. The summed E-state index contributed by atoms with van der Waals surface area (Å²) in [5.74, 6) is 0.585. The molecular weight excluding hydrogens is 238 g/mol. The molecule has 3 aromatic rings. The lowest BCUT2D eigenvalue weighted by atomic mass is 10.2. The van der Waals surface area contributed by atoms with E-state index in [4.69, 9.17) is 10.5 Å². The van der Waals surface area contributed by atoms with Crippen molar-refractivity contribution in [3.63, 3.8) is 0 Å². The predicted molar refractivity (Wildman–Crippen MR) is 68.8 cm³/mol. The molecule has 1 N–H and O–H groups in total. The minimum absolute atomic E-state index is 0.498. The number of nitrogens with one attached hydrogen (secondary N) is 1. The summed E-state index contributed by atoms with van der Waals surface area (Å²) in [5, 5.41) is 17.8. The number of benzene rings is 1. The largest absolute Gasteiger partial charge is 0.337 e. The Labute approximate surface area is 108 Å². The van der Waals surface area contributed by atoms with E-state index in [0.29, 0.717) is 28.2 Å². The number of para-hydroxylation sites is 1. The number of hydrogen-bond donors (Lipinski definition) is 1. The van der Waals surface area contributed by atoms with Gasteiger partial charge in [0.2, 0.25) is 0 Å². The van der Waals surface area contributed by atoms with Gasteiger partial charge in [-0.1, -0.05) is 6.07 Å². The standard InChI is InChI=1S/C14H7N5/c15-6-9-4-5-12(17-8-9)14-18-11-3-1-2-10(7-16)13(11)19-14/h1-5,8H,(H,18,19). The van der Waals surface area contributed by atoms with Crippen molar-refractivity contribution in [2.24, 2.45) is 0 Å². The molecule has 3 rings (SSSR count). The molecule has 5 heteroatoms. The highest BCUT2D eigenvalue weighted by Crippen LogP contribution is 2.21. The van der Waals surface area contributed by atoms with Crippen molar-refractivity contribution < 1.29 is 0 Å². The molecule has 19 heavy (non-hydrogen) atoms. The number of aromatic nitrogens is 3. The van der Waals surface area contributed by atoms with Gasteiger partial charge >= 0.3 is 0 Å². The molecular formula is C14H7N5. The number of aromatic amines is 1. The molecule has 0 unspecified atom stereocenters. The minimum atomic E-state index is 0.498. The van der Waals surface area contributed by atoms with Crippen LogP contribution in [0.1, 0.15) is 11.1 Å². The molecule has 0 atom stereocenters. The third kappa shape index (κ3) is 1.80. The van der Waals surface area contributed by atoms with Crippen LogP contribution in [0.2, 0.25) is 0 Å². The Balaban J connectivity index is 2.16. The van der Waals surface area contributed by atoms with Gasteiger partial charge in [-0.15, -0.1) is 0 Å². The van der Waals surface area contributed by atoms with Crippen molar-refractivity contribution in [2.45, 2.75) is 0 Å². The lowest BCUT2D eigenvalue weighted by molar-refractivity contribution is 1.23. The predicted octanol–water partition coefficient (Wildman–Crippen LogP) is 2.37. The summed E-state index contributed by atoms with van der Waals surface area (Å²) >= 11 is 0. The van der Waals surface area contributed by atoms with E-state index in [0.717, 1.165) is 5.52 Å². The fourth-order valence-corrected chi connectivity index (χ4v) is 1.84. The van der Waals surface area contributed by atoms with Crippen LogP contribution in [0.25, 0.3) is 22.6 Å². The van der Waals surface area contributed by atoms with Crippen LogP contribution in [0.15, 0.2) is 36.5 Å². The number of imidazole rings is 1. The van der Waals surface area contributed by atoms with Crippen LogP contribution in [0.5, 0.6) is 0 Å². The number of nitrogens with zero attached hydrogens (tertiary/aromatic N) is 4. The average molecular weight is 245 g/mol. The zero-order valence-electron chi connectivity index (χ0n) is 9.75. The van der Waals surface area contributed by atoms with Gasteiger partial charge in [0, 0.05) is 6.20 Å². The second-order valence-corrected chi connectivity index (χ2v) is 3.94. The summed E-state index contributed by atoms with van der Waals surface area (Å²) in [6, 6.07) is 12.9. The second kappa shape index (κ2) is 4.25. The number of fused-ring (bicyclic) bond motifs is 1. The van der Waals surface area contributed by atoms with E-state index in [-0.39, 0.29) is 0 Å². The van der Waals surface area contributed by atoms with Gasteiger partial charge in [0.1, 0.15) is 23.3 Å². The van der Waals surface area contributed by atoms with Crippen LogP contribution in [0.4, 0.5) is 0 Å². The quantitative estimate of drug-likeness (QED) is 0.712. The first-order valence-corrected chi connectivity index (χ1v) is 5.57. The Hall–Kier alpha value is -3.18. The van der Waals surface area contributed by atoms with E-state index in [1.165, 1.54) is 6.20 Å². The van der Waals surface area contributed by atoms with Gasteiger partial charge in [-0.3, -0.25) is 4.98 Å². The number of rotatable bonds is 1. The lowest BCUT2D eigenvalue weighted by Crippen LogP contribution is -1.86. The van der Waals surface area contributed by atoms with Crippen molar-refractivity contribution in [3.05, 3.63) is 47.7 Å². The van der Waals surface area contributed by atoms with Gasteiger partial charge < -0.3 is 4.98 Å². The van der Waals surface area contributed by atoms with E-state index >= 15 is 0 Å². The molecule has 0 bridgehead atoms. The van der Waals surface area contributed by atoms with E-state index in [2.05, 4.69) is 21.0 Å². The van der Waals surface area contributed by atoms with Gasteiger partial charge in [0.25, 0.3) is 0 Å². The SMILES string of the molecule is N#Cc1ccc(-c2nc3c(C#N)cccc3[nH]2)nc1. The van der Waals surface area contributed by atoms with E-state index in [9.17, 15) is 0 Å². The molecule has 88 valence electrons. The summed E-state index contributed by atoms with van der Waals surface area (Å²) in [4.78, 5) is 11.7. The molecule has 0 fully saturated rings. The second-order valence-electron chi connectivity index (χ2n) is 3.94. The Morgan fingerprint density at radius 2 is 1.95 bits per heavy atom. The van der Waals surface area contributed by atoms with Crippen LogP contribution >= 0.6 is 0 Å². The fourth-order valence-electron chi connectivity index (χ4n) is 1.84. The van der Waals surface area contributed by atoms with Gasteiger partial charge in [-0.25, -0.2) is 4.98 Å². The fraction of sp³-hybridized carbons (Fsp3) is 0. The van der Waals surface area contributed by atoms with Gasteiger partial charge in [-0.05, 0) is 24.3 Å². The summed E-state index contributed by atoms with van der Waals surface area (Å²) in [5.41, 5.74) is 3.08. The highest BCUT2D eigenvalue weighted by molar-refractivity contribution is 5.84. The summed E-state index contributed by atoms with van der Waals surface area (Å²) in [6.45, 7) is 0. The number of pyridine rings is 1. The normalized spacial score (nSPS) is 10.0. The van der Waals surface area contributed by atoms with Crippen molar-refractivity contribution in [1.82, 2.24) is 15.0 Å². The summed E-state index contributed by atoms with van der Waals surface area (Å²) in [6.07, 6.45) is 1.49. The molecule has 0 saturated carbocycles. The molecule has 1 aromatic carbocycles. The molecule has 2 heterocycles. The van der Waals surface area contributed by atoms with Crippen molar-refractivity contribution in [1.29, 1.82) is 10.5 Å². The van der Waals surface area contributed by atoms with E-state index < -0.39 is 0 Å². The van der Waals surface area contributed by atoms with Crippen LogP contribution in [-0.2, 0) is 0 Å². The number of nitriles is 2. The molecule has 0 aliphatic heterocycles. The lowest BCUT2D eigenvalue weighted by Gasteiger charge is -1.94. The minimum Gasteiger partial charge on any atom is -0.337 e. The molecule has 0 aliphatic carbocycles. The van der Waals surface area contributed by atoms with E-state index in [1.54, 1.807) is 24.3 Å². The first-order valence-electron chi connectivity index (χ1n) is 5.57. The van der Waals surface area contributed by atoms with Gasteiger partial charge in [0.05, 0.1) is 16.6 Å². The van der Waals surface area contributed by atoms with Crippen molar-refractivity contribution in [2.75, 3.05) is 0 Å². The smallest absolute Gasteiger partial charge is 0.157 e. The molecule has 0 amide bonds. The van der Waals surface area contributed by atoms with Crippen LogP contribution in [-0.4, -0.2) is 15.0 Å². The molecule has 2 aromatic heterocycles. The number of H-pyrrole nitrogens is 1. The molecule has 0 saturated heterocycles. The first kappa shape index (κ1) is 10.9. The molecule has 0 aliphatic rings. The highest BCUT2D eigenvalue weighted by Gasteiger charge is 2.09. The zero-order valence-corrected chi connectivity index (χ0v) is 9.75. The van der Waals surface area contributed by atoms with Crippen LogP contribution in [0.3, 0.4) is 0 Å². The number of hydrogen-bond acceptors (Lipinski definition) is 4. The Morgan fingerprint density at radius 1 is 1.05 bits per heavy atom. The molecule has 0 radical (unpaired) electrons. The van der Waals surface area contributed by atoms with Gasteiger partial charge in [-0.2, -0.15) is 10.5 Å². The first-order chi connectivity index (χ1) is 9.31. The van der Waals surface area contributed by atoms with Crippen molar-refractivity contribution in [3.8, 4) is 23.7 Å². The Morgan fingerprint density at radius 3 is 2.63 bits per heavy atom. The third-order valence-corrected chi connectivity index (χ3v) is 2.77. The maximum atomic E-state index is 9.03. The van der Waals surface area contributed by atoms with Crippen LogP contribution < -0.4 is 0 Å². The molecule has 0 spiro atoms. The average Bonchev–Trinajstić information content (AvgIpc) is 2.91. The van der Waals surface area contributed by atoms with E-state index in [1.807, 2.05) is 12.1 Å². The Bertz CT molecular complexity index is 831. The monoisotopic (exact) mass is 245 g/mol. The molecule has 5 nitrogen and oxygen atoms in total. The third-order valence-electron chi connectivity index (χ3n) is 2.77. The highest BCUT2D eigenvalue weighted by atomic mass is 14.9. The maximum Gasteiger partial charge on any atom is 0.157 e. The maximum absolute atomic E-state index is 9.03. The van der Waals surface area contributed by atoms with Crippen molar-refractivity contribution >= 4 is 11.0 Å². The summed E-state index contributed by atoms with van der Waals surface area (Å²) in [7, 11) is 0. The Kier molecular flexibility index (Phi) is 2.45. The topological polar surface area (TPSA) is 89.1 Å². The van der Waals surface area contributed by atoms with Gasteiger partial charge in [0.15, 0.2) is 5.82 Å². The van der Waals surface area contributed by atoms with Crippen LogP contribution in [0, 0.1) is 22.7 Å². The zero-order chi connectivity index (χ0) is 13.2.